The number of aromatic nitrogens is 1. The molecule has 4 nitrogen and oxygen atoms in total. The van der Waals surface area contributed by atoms with Crippen molar-refractivity contribution in [2.45, 2.75) is 31.9 Å². The molecule has 0 aliphatic heterocycles. The Balaban J connectivity index is 1.78. The van der Waals surface area contributed by atoms with Crippen molar-refractivity contribution in [3.63, 3.8) is 0 Å². The Kier molecular flexibility index (Phi) is 5.53. The normalized spacial score (nSPS) is 11.5. The number of rotatable bonds is 5. The van der Waals surface area contributed by atoms with Crippen LogP contribution in [0.5, 0.6) is 0 Å². The van der Waals surface area contributed by atoms with Crippen LogP contribution in [0, 0.1) is 0 Å². The zero-order valence-electron chi connectivity index (χ0n) is 12.9. The van der Waals surface area contributed by atoms with Gasteiger partial charge >= 0.3 is 0 Å². The van der Waals surface area contributed by atoms with Crippen molar-refractivity contribution in [1.82, 2.24) is 5.16 Å². The molecule has 118 valence electrons. The first kappa shape index (κ1) is 16.9. The number of amides is 1. The van der Waals surface area contributed by atoms with Gasteiger partial charge in [-0.05, 0) is 17.7 Å². The van der Waals surface area contributed by atoms with Crippen molar-refractivity contribution in [3.05, 3.63) is 46.6 Å². The van der Waals surface area contributed by atoms with Crippen LogP contribution in [0.2, 0.25) is 5.02 Å². The molecule has 0 unspecified atom stereocenters. The first-order chi connectivity index (χ1) is 10.3. The van der Waals surface area contributed by atoms with Gasteiger partial charge in [-0.25, -0.2) is 0 Å². The van der Waals surface area contributed by atoms with Gasteiger partial charge in [-0.1, -0.05) is 49.7 Å². The molecule has 1 N–H and O–H groups in total. The van der Waals surface area contributed by atoms with E-state index in [4.69, 9.17) is 16.1 Å². The van der Waals surface area contributed by atoms with Crippen LogP contribution >= 0.6 is 23.4 Å². The Labute approximate surface area is 139 Å². The highest BCUT2D eigenvalue weighted by Crippen LogP contribution is 2.23. The molecule has 0 aliphatic carbocycles. The van der Waals surface area contributed by atoms with Crippen molar-refractivity contribution in [2.75, 3.05) is 11.1 Å². The molecule has 0 saturated heterocycles. The predicted octanol–water partition coefficient (Wildman–Crippen LogP) is 4.50. The highest BCUT2D eigenvalue weighted by molar-refractivity contribution is 7.99. The number of nitrogens with zero attached hydrogens (tertiary/aromatic N) is 1. The fourth-order valence-electron chi connectivity index (χ4n) is 1.70. The molecule has 1 aromatic heterocycles. The summed E-state index contributed by atoms with van der Waals surface area (Å²) in [6.45, 7) is 6.12. The van der Waals surface area contributed by atoms with E-state index in [9.17, 15) is 4.79 Å². The van der Waals surface area contributed by atoms with E-state index in [1.54, 1.807) is 6.07 Å². The molecule has 2 aromatic rings. The lowest BCUT2D eigenvalue weighted by Gasteiger charge is -2.12. The van der Waals surface area contributed by atoms with Gasteiger partial charge in [0.1, 0.15) is 0 Å². The molecule has 0 fully saturated rings. The maximum atomic E-state index is 11.9. The van der Waals surface area contributed by atoms with E-state index in [-0.39, 0.29) is 11.3 Å². The van der Waals surface area contributed by atoms with Crippen LogP contribution in [0.25, 0.3) is 0 Å². The lowest BCUT2D eigenvalue weighted by molar-refractivity contribution is -0.113. The zero-order chi connectivity index (χ0) is 16.2. The molecule has 0 aliphatic rings. The second-order valence-corrected chi connectivity index (χ2v) is 7.42. The fourth-order valence-corrected chi connectivity index (χ4v) is 2.62. The molecule has 0 spiro atoms. The molecular formula is C16H19ClN2O2S. The number of halogens is 1. The molecule has 0 saturated carbocycles. The molecule has 22 heavy (non-hydrogen) atoms. The van der Waals surface area contributed by atoms with E-state index in [1.165, 1.54) is 11.8 Å². The molecule has 1 aromatic carbocycles. The summed E-state index contributed by atoms with van der Waals surface area (Å²) in [5, 5.41) is 7.40. The number of hydrogen-bond donors (Lipinski definition) is 1. The van der Waals surface area contributed by atoms with E-state index in [0.29, 0.717) is 16.7 Å². The summed E-state index contributed by atoms with van der Waals surface area (Å²) < 4.78 is 5.13. The summed E-state index contributed by atoms with van der Waals surface area (Å²) in [5.74, 6) is 1.40. The number of carbonyl (C=O) groups is 1. The highest BCUT2D eigenvalue weighted by Gasteiger charge is 2.19. The maximum absolute atomic E-state index is 11.9. The molecule has 1 heterocycles. The summed E-state index contributed by atoms with van der Waals surface area (Å²) in [6, 6.07) is 9.38. The quantitative estimate of drug-likeness (QED) is 0.872. The topological polar surface area (TPSA) is 55.1 Å². The number of anilines is 1. The Hall–Kier alpha value is -1.46. The maximum Gasteiger partial charge on any atom is 0.236 e. The van der Waals surface area contributed by atoms with E-state index in [1.807, 2.05) is 45.0 Å². The van der Waals surface area contributed by atoms with Crippen molar-refractivity contribution < 1.29 is 9.32 Å². The van der Waals surface area contributed by atoms with Gasteiger partial charge in [-0.2, -0.15) is 0 Å². The number of benzene rings is 1. The monoisotopic (exact) mass is 338 g/mol. The van der Waals surface area contributed by atoms with Crippen molar-refractivity contribution in [1.29, 1.82) is 0 Å². The molecule has 0 bridgehead atoms. The SMILES string of the molecule is CC(C)(C)c1cc(NC(=O)CSCc2ccc(Cl)cc2)on1. The first-order valence-electron chi connectivity index (χ1n) is 6.94. The van der Waals surface area contributed by atoms with Crippen LogP contribution < -0.4 is 5.32 Å². The lowest BCUT2D eigenvalue weighted by Crippen LogP contribution is -2.14. The van der Waals surface area contributed by atoms with Gasteiger partial charge in [-0.15, -0.1) is 11.8 Å². The van der Waals surface area contributed by atoms with Gasteiger partial charge in [-0.3, -0.25) is 10.1 Å². The summed E-state index contributed by atoms with van der Waals surface area (Å²) >= 11 is 7.37. The fraction of sp³-hybridized carbons (Fsp3) is 0.375. The number of nitrogens with one attached hydrogen (secondary N) is 1. The van der Waals surface area contributed by atoms with E-state index >= 15 is 0 Å². The third-order valence-corrected chi connectivity index (χ3v) is 4.21. The van der Waals surface area contributed by atoms with Gasteiger partial charge in [0.05, 0.1) is 11.4 Å². The molecular weight excluding hydrogens is 320 g/mol. The largest absolute Gasteiger partial charge is 0.338 e. The summed E-state index contributed by atoms with van der Waals surface area (Å²) in [4.78, 5) is 11.9. The predicted molar refractivity (Wildman–Crippen MR) is 91.4 cm³/mol. The first-order valence-corrected chi connectivity index (χ1v) is 8.47. The third kappa shape index (κ3) is 5.07. The molecule has 0 radical (unpaired) electrons. The Morgan fingerprint density at radius 2 is 2.00 bits per heavy atom. The van der Waals surface area contributed by atoms with E-state index in [0.717, 1.165) is 17.0 Å². The Morgan fingerprint density at radius 3 is 2.59 bits per heavy atom. The second kappa shape index (κ2) is 7.20. The highest BCUT2D eigenvalue weighted by atomic mass is 35.5. The standard InChI is InChI=1S/C16H19ClN2O2S/c1-16(2,3)13-8-15(21-19-13)18-14(20)10-22-9-11-4-6-12(17)7-5-11/h4-8H,9-10H2,1-3H3,(H,18,20). The molecule has 0 atom stereocenters. The summed E-state index contributed by atoms with van der Waals surface area (Å²) in [6.07, 6.45) is 0. The van der Waals surface area contributed by atoms with Gasteiger partial charge in [0, 0.05) is 22.3 Å². The molecule has 1 amide bonds. The van der Waals surface area contributed by atoms with Crippen LogP contribution in [0.1, 0.15) is 32.0 Å². The second-order valence-electron chi connectivity index (χ2n) is 5.99. The van der Waals surface area contributed by atoms with Crippen LogP contribution in [0.15, 0.2) is 34.9 Å². The number of hydrogen-bond acceptors (Lipinski definition) is 4. The number of carbonyl (C=O) groups excluding carboxylic acids is 1. The van der Waals surface area contributed by atoms with Crippen molar-refractivity contribution in [3.8, 4) is 0 Å². The summed E-state index contributed by atoms with van der Waals surface area (Å²) in [5.41, 5.74) is 1.85. The zero-order valence-corrected chi connectivity index (χ0v) is 14.4. The molecule has 2 rings (SSSR count). The molecule has 6 heteroatoms. The van der Waals surface area contributed by atoms with Crippen LogP contribution in [-0.2, 0) is 16.0 Å². The average Bonchev–Trinajstić information content (AvgIpc) is 2.89. The smallest absolute Gasteiger partial charge is 0.236 e. The van der Waals surface area contributed by atoms with E-state index < -0.39 is 0 Å². The van der Waals surface area contributed by atoms with Crippen LogP contribution in [0.3, 0.4) is 0 Å². The van der Waals surface area contributed by atoms with Gasteiger partial charge in [0.25, 0.3) is 0 Å². The van der Waals surface area contributed by atoms with E-state index in [2.05, 4.69) is 10.5 Å². The minimum atomic E-state index is -0.101. The Bertz CT molecular complexity index is 632. The van der Waals surface area contributed by atoms with Crippen molar-refractivity contribution in [2.24, 2.45) is 0 Å². The van der Waals surface area contributed by atoms with Crippen LogP contribution in [0.4, 0.5) is 5.88 Å². The van der Waals surface area contributed by atoms with Crippen molar-refractivity contribution >= 4 is 35.2 Å². The number of thioether (sulfide) groups is 1. The minimum Gasteiger partial charge on any atom is -0.338 e. The van der Waals surface area contributed by atoms with Gasteiger partial charge in [0.2, 0.25) is 11.8 Å². The van der Waals surface area contributed by atoms with Crippen LogP contribution in [-0.4, -0.2) is 16.8 Å². The Morgan fingerprint density at radius 1 is 1.32 bits per heavy atom. The van der Waals surface area contributed by atoms with Gasteiger partial charge in [0.15, 0.2) is 0 Å². The lowest BCUT2D eigenvalue weighted by atomic mass is 9.92. The summed E-state index contributed by atoms with van der Waals surface area (Å²) in [7, 11) is 0. The minimum absolute atomic E-state index is 0.101. The third-order valence-electron chi connectivity index (χ3n) is 2.96. The van der Waals surface area contributed by atoms with Gasteiger partial charge < -0.3 is 4.52 Å². The average molecular weight is 339 g/mol.